The number of aromatic nitrogens is 1. The van der Waals surface area contributed by atoms with Crippen molar-refractivity contribution in [2.75, 3.05) is 13.2 Å². The summed E-state index contributed by atoms with van der Waals surface area (Å²) in [6, 6.07) is 10.0. The van der Waals surface area contributed by atoms with E-state index in [0.29, 0.717) is 18.5 Å². The lowest BCUT2D eigenvalue weighted by Crippen LogP contribution is -2.53. The summed E-state index contributed by atoms with van der Waals surface area (Å²) in [4.78, 5) is 16.9. The number of benzene rings is 1. The van der Waals surface area contributed by atoms with Gasteiger partial charge in [-0.25, -0.2) is 4.98 Å². The maximum atomic E-state index is 12.5. The average molecular weight is 341 g/mol. The molecule has 0 radical (unpaired) electrons. The van der Waals surface area contributed by atoms with E-state index in [1.807, 2.05) is 30.3 Å². The number of carbonyl (C=O) groups is 1. The van der Waals surface area contributed by atoms with Gasteiger partial charge in [-0.15, -0.1) is 0 Å². The van der Waals surface area contributed by atoms with Crippen molar-refractivity contribution in [2.24, 2.45) is 5.92 Å². The van der Waals surface area contributed by atoms with Crippen LogP contribution in [-0.4, -0.2) is 36.2 Å². The van der Waals surface area contributed by atoms with Gasteiger partial charge in [0.05, 0.1) is 24.9 Å². The third kappa shape index (κ3) is 3.75. The summed E-state index contributed by atoms with van der Waals surface area (Å²) in [6.45, 7) is 2.04. The predicted molar refractivity (Wildman–Crippen MR) is 92.7 cm³/mol. The molecule has 6 heteroatoms. The van der Waals surface area contributed by atoms with Gasteiger partial charge in [0.2, 0.25) is 11.8 Å². The maximum absolute atomic E-state index is 12.5. The summed E-state index contributed by atoms with van der Waals surface area (Å²) >= 11 is 0. The second-order valence-electron chi connectivity index (χ2n) is 6.71. The summed E-state index contributed by atoms with van der Waals surface area (Å²) in [5.74, 6) is 0.708. The van der Waals surface area contributed by atoms with E-state index in [0.717, 1.165) is 43.7 Å². The number of carbonyl (C=O) groups excluding carboxylic acids is 1. The highest BCUT2D eigenvalue weighted by molar-refractivity contribution is 5.78. The predicted octanol–water partition coefficient (Wildman–Crippen LogP) is 2.11. The molecule has 1 amide bonds. The standard InChI is InChI=1S/C19H23N3O3/c23-18(14-6-7-17-16(10-14)20-8-9-24-17)21-11-15-12-25-19(22-15)13-4-2-1-3-5-13/h1-5,12,14,16-17,20H,6-11H2,(H,21,23)/t14-,16+,17+/m0/s1. The highest BCUT2D eigenvalue weighted by Crippen LogP contribution is 2.28. The van der Waals surface area contributed by atoms with Crippen molar-refractivity contribution >= 4 is 5.91 Å². The molecule has 1 aromatic heterocycles. The highest BCUT2D eigenvalue weighted by atomic mass is 16.5. The number of rotatable bonds is 4. The molecule has 2 heterocycles. The van der Waals surface area contributed by atoms with Crippen LogP contribution in [0.3, 0.4) is 0 Å². The van der Waals surface area contributed by atoms with Crippen LogP contribution in [0.15, 0.2) is 41.0 Å². The van der Waals surface area contributed by atoms with Crippen LogP contribution in [0.1, 0.15) is 25.0 Å². The molecule has 1 aliphatic heterocycles. The fourth-order valence-electron chi connectivity index (χ4n) is 3.67. The zero-order valence-electron chi connectivity index (χ0n) is 14.1. The van der Waals surface area contributed by atoms with Crippen LogP contribution in [0, 0.1) is 5.92 Å². The van der Waals surface area contributed by atoms with E-state index in [9.17, 15) is 4.79 Å². The number of morpholine rings is 1. The van der Waals surface area contributed by atoms with Crippen molar-refractivity contribution in [3.63, 3.8) is 0 Å². The summed E-state index contributed by atoms with van der Waals surface area (Å²) in [5.41, 5.74) is 1.67. The van der Waals surface area contributed by atoms with Crippen LogP contribution >= 0.6 is 0 Å². The first kappa shape index (κ1) is 16.3. The Morgan fingerprint density at radius 1 is 1.28 bits per heavy atom. The number of nitrogens with zero attached hydrogens (tertiary/aromatic N) is 1. The van der Waals surface area contributed by atoms with Crippen LogP contribution in [0.2, 0.25) is 0 Å². The van der Waals surface area contributed by atoms with Crippen molar-refractivity contribution in [2.45, 2.75) is 38.0 Å². The van der Waals surface area contributed by atoms with Crippen molar-refractivity contribution in [1.82, 2.24) is 15.6 Å². The Morgan fingerprint density at radius 2 is 2.16 bits per heavy atom. The molecule has 2 aliphatic rings. The van der Waals surface area contributed by atoms with Crippen molar-refractivity contribution in [3.05, 3.63) is 42.3 Å². The van der Waals surface area contributed by atoms with E-state index in [-0.39, 0.29) is 17.9 Å². The van der Waals surface area contributed by atoms with Crippen LogP contribution < -0.4 is 10.6 Å². The number of amides is 1. The molecule has 1 aromatic carbocycles. The van der Waals surface area contributed by atoms with E-state index in [1.54, 1.807) is 6.26 Å². The van der Waals surface area contributed by atoms with Crippen LogP contribution in [0.25, 0.3) is 11.5 Å². The summed E-state index contributed by atoms with van der Waals surface area (Å²) in [7, 11) is 0. The number of ether oxygens (including phenoxy) is 1. The Labute approximate surface area is 147 Å². The highest BCUT2D eigenvalue weighted by Gasteiger charge is 2.35. The van der Waals surface area contributed by atoms with Gasteiger partial charge in [0, 0.05) is 24.1 Å². The zero-order valence-corrected chi connectivity index (χ0v) is 14.1. The molecule has 2 aromatic rings. The van der Waals surface area contributed by atoms with Crippen LogP contribution in [-0.2, 0) is 16.1 Å². The second-order valence-corrected chi connectivity index (χ2v) is 6.71. The number of oxazole rings is 1. The minimum absolute atomic E-state index is 0.0379. The molecule has 1 saturated carbocycles. The molecule has 2 N–H and O–H groups in total. The van der Waals surface area contributed by atoms with E-state index in [1.165, 1.54) is 0 Å². The van der Waals surface area contributed by atoms with Crippen LogP contribution in [0.5, 0.6) is 0 Å². The summed E-state index contributed by atoms with van der Waals surface area (Å²) in [5, 5.41) is 6.47. The molecule has 2 fully saturated rings. The first-order valence-electron chi connectivity index (χ1n) is 8.92. The van der Waals surface area contributed by atoms with Gasteiger partial charge in [0.25, 0.3) is 0 Å². The van der Waals surface area contributed by atoms with Crippen LogP contribution in [0.4, 0.5) is 0 Å². The summed E-state index contributed by atoms with van der Waals surface area (Å²) in [6.07, 6.45) is 4.53. The number of hydrogen-bond donors (Lipinski definition) is 2. The zero-order chi connectivity index (χ0) is 17.1. The van der Waals surface area contributed by atoms with E-state index >= 15 is 0 Å². The first-order valence-corrected chi connectivity index (χ1v) is 8.92. The maximum Gasteiger partial charge on any atom is 0.226 e. The Bertz CT molecular complexity index is 716. The summed E-state index contributed by atoms with van der Waals surface area (Å²) < 4.78 is 11.3. The Hall–Kier alpha value is -2.18. The fraction of sp³-hybridized carbons (Fsp3) is 0.474. The number of nitrogens with one attached hydrogen (secondary N) is 2. The van der Waals surface area contributed by atoms with Gasteiger partial charge in [-0.05, 0) is 31.4 Å². The van der Waals surface area contributed by atoms with Crippen molar-refractivity contribution in [3.8, 4) is 11.5 Å². The van der Waals surface area contributed by atoms with Gasteiger partial charge in [-0.2, -0.15) is 0 Å². The monoisotopic (exact) mass is 341 g/mol. The molecule has 0 spiro atoms. The number of hydrogen-bond acceptors (Lipinski definition) is 5. The van der Waals surface area contributed by atoms with Gasteiger partial charge in [-0.3, -0.25) is 4.79 Å². The second kappa shape index (κ2) is 7.37. The van der Waals surface area contributed by atoms with Gasteiger partial charge >= 0.3 is 0 Å². The quantitative estimate of drug-likeness (QED) is 0.891. The molecule has 25 heavy (non-hydrogen) atoms. The third-order valence-corrected chi connectivity index (χ3v) is 5.01. The lowest BCUT2D eigenvalue weighted by Gasteiger charge is -2.39. The lowest BCUT2D eigenvalue weighted by atomic mass is 9.82. The largest absolute Gasteiger partial charge is 0.444 e. The molecule has 132 valence electrons. The van der Waals surface area contributed by atoms with E-state index < -0.39 is 0 Å². The normalized spacial score (nSPS) is 26.0. The van der Waals surface area contributed by atoms with Gasteiger partial charge < -0.3 is 19.8 Å². The van der Waals surface area contributed by atoms with Gasteiger partial charge in [0.1, 0.15) is 6.26 Å². The van der Waals surface area contributed by atoms with Crippen molar-refractivity contribution in [1.29, 1.82) is 0 Å². The Kier molecular flexibility index (Phi) is 4.81. The lowest BCUT2D eigenvalue weighted by molar-refractivity contribution is -0.128. The number of fused-ring (bicyclic) bond motifs is 1. The first-order chi connectivity index (χ1) is 12.3. The molecule has 4 rings (SSSR count). The van der Waals surface area contributed by atoms with E-state index in [4.69, 9.17) is 9.15 Å². The smallest absolute Gasteiger partial charge is 0.226 e. The molecular formula is C19H23N3O3. The minimum atomic E-state index is 0.0379. The molecule has 1 aliphatic carbocycles. The molecule has 6 nitrogen and oxygen atoms in total. The Balaban J connectivity index is 1.31. The third-order valence-electron chi connectivity index (χ3n) is 5.01. The fourth-order valence-corrected chi connectivity index (χ4v) is 3.67. The van der Waals surface area contributed by atoms with E-state index in [2.05, 4.69) is 15.6 Å². The molecular weight excluding hydrogens is 318 g/mol. The SMILES string of the molecule is O=C(NCc1coc(-c2ccccc2)n1)[C@H]1CC[C@H]2OCCN[C@@H]2C1. The molecule has 3 atom stereocenters. The molecule has 1 saturated heterocycles. The Morgan fingerprint density at radius 3 is 3.04 bits per heavy atom. The van der Waals surface area contributed by atoms with Gasteiger partial charge in [0.15, 0.2) is 0 Å². The average Bonchev–Trinajstić information content (AvgIpc) is 3.15. The van der Waals surface area contributed by atoms with Crippen molar-refractivity contribution < 1.29 is 13.9 Å². The molecule has 0 bridgehead atoms. The minimum Gasteiger partial charge on any atom is -0.444 e. The topological polar surface area (TPSA) is 76.4 Å². The molecule has 0 unspecified atom stereocenters. The van der Waals surface area contributed by atoms with Gasteiger partial charge in [-0.1, -0.05) is 18.2 Å².